The number of hydrogen-bond acceptors (Lipinski definition) is 6. The van der Waals surface area contributed by atoms with Crippen LogP contribution in [0.4, 0.5) is 0 Å². The minimum absolute atomic E-state index is 0. The predicted molar refractivity (Wildman–Crippen MR) is 221 cm³/mol. The van der Waals surface area contributed by atoms with E-state index in [4.69, 9.17) is 0 Å². The van der Waals surface area contributed by atoms with Crippen LogP contribution in [0.3, 0.4) is 0 Å². The molecule has 288 valence electrons. The smallest absolute Gasteiger partial charge is 0.744 e. The van der Waals surface area contributed by atoms with Crippen LogP contribution in [0.2, 0.25) is 0 Å². The summed E-state index contributed by atoms with van der Waals surface area (Å²) in [6, 6.07) is 18.2. The molecule has 0 bridgehead atoms. The summed E-state index contributed by atoms with van der Waals surface area (Å²) in [7, 11) is -8.97. The molecule has 9 heteroatoms. The maximum absolute atomic E-state index is 11.8. The molecule has 0 aliphatic carbocycles. The van der Waals surface area contributed by atoms with Crippen LogP contribution in [-0.4, -0.2) is 74.8 Å². The molecule has 0 saturated carbocycles. The van der Waals surface area contributed by atoms with Gasteiger partial charge in [-0.1, -0.05) is 153 Å². The van der Waals surface area contributed by atoms with Gasteiger partial charge in [-0.05, 0) is 96.5 Å². The van der Waals surface area contributed by atoms with Crippen molar-refractivity contribution < 1.29 is 25.9 Å². The Morgan fingerprint density at radius 2 is 0.736 bits per heavy atom. The third-order valence-electron chi connectivity index (χ3n) is 10.1. The molecule has 6 nitrogen and oxygen atoms in total. The molecule has 0 N–H and O–H groups in total. The third kappa shape index (κ3) is 15.3. The van der Waals surface area contributed by atoms with Gasteiger partial charge < -0.3 is 9.11 Å². The molecule has 0 aliphatic heterocycles. The maximum Gasteiger partial charge on any atom is 2.00 e. The third-order valence-corrected chi connectivity index (χ3v) is 11.9. The first-order valence-electron chi connectivity index (χ1n) is 20.0. The number of fused-ring (bicyclic) bond motifs is 2. The van der Waals surface area contributed by atoms with E-state index in [1.54, 1.807) is 12.1 Å². The number of hydrogen-bond donors (Lipinski definition) is 0. The zero-order chi connectivity index (χ0) is 38.0. The van der Waals surface area contributed by atoms with Gasteiger partial charge in [0.25, 0.3) is 0 Å². The molecule has 0 atom stereocenters. The molecule has 4 aromatic carbocycles. The normalized spacial score (nSPS) is 11.7. The van der Waals surface area contributed by atoms with Crippen molar-refractivity contribution in [1.29, 1.82) is 0 Å². The van der Waals surface area contributed by atoms with Gasteiger partial charge in [-0.2, -0.15) is 0 Å². The largest absolute Gasteiger partial charge is 2.00 e. The average molecular weight is 888 g/mol. The molecule has 0 spiro atoms. The van der Waals surface area contributed by atoms with Gasteiger partial charge in [-0.15, -0.1) is 0 Å². The summed E-state index contributed by atoms with van der Waals surface area (Å²) in [6.07, 6.45) is 22.0. The fourth-order valence-electron chi connectivity index (χ4n) is 7.32. The van der Waals surface area contributed by atoms with Gasteiger partial charge in [0.2, 0.25) is 0 Å². The molecule has 0 aliphatic rings. The summed E-state index contributed by atoms with van der Waals surface area (Å²) in [5.74, 6) is 0. The van der Waals surface area contributed by atoms with Crippen molar-refractivity contribution in [1.82, 2.24) is 0 Å². The minimum Gasteiger partial charge on any atom is -0.744 e. The van der Waals surface area contributed by atoms with Crippen molar-refractivity contribution in [2.24, 2.45) is 0 Å². The minimum atomic E-state index is -4.48. The SMILES string of the molecule is CCCCCCc1ccc2cccc(S(=O)(=O)[O-])c2c1CCCCCC.CCCCCCc1ccc2cccc(S(=O)(=O)[O-])c2c1CCCCCC.[Ba+2]. The van der Waals surface area contributed by atoms with Crippen LogP contribution in [0, 0.1) is 0 Å². The van der Waals surface area contributed by atoms with E-state index >= 15 is 0 Å². The van der Waals surface area contributed by atoms with Gasteiger partial charge in [-0.3, -0.25) is 0 Å². The van der Waals surface area contributed by atoms with E-state index in [9.17, 15) is 25.9 Å². The van der Waals surface area contributed by atoms with Crippen LogP contribution < -0.4 is 0 Å². The van der Waals surface area contributed by atoms with Crippen molar-refractivity contribution in [2.45, 2.75) is 166 Å². The first kappa shape index (κ1) is 47.9. The van der Waals surface area contributed by atoms with Crippen molar-refractivity contribution in [2.75, 3.05) is 0 Å². The molecule has 0 unspecified atom stereocenters. The van der Waals surface area contributed by atoms with Gasteiger partial charge in [0.15, 0.2) is 0 Å². The second-order valence-electron chi connectivity index (χ2n) is 14.3. The topological polar surface area (TPSA) is 114 Å². The Balaban J connectivity index is 0.000000360. The molecule has 0 aromatic heterocycles. The van der Waals surface area contributed by atoms with E-state index in [1.807, 2.05) is 24.3 Å². The van der Waals surface area contributed by atoms with Gasteiger partial charge >= 0.3 is 48.9 Å². The molecule has 4 rings (SSSR count). The summed E-state index contributed by atoms with van der Waals surface area (Å²) in [5, 5.41) is 3.02. The van der Waals surface area contributed by atoms with E-state index in [0.29, 0.717) is 10.8 Å². The molecule has 4 aromatic rings. The quantitative estimate of drug-likeness (QED) is 0.0441. The van der Waals surface area contributed by atoms with Crippen LogP contribution in [-0.2, 0) is 45.9 Å². The van der Waals surface area contributed by atoms with Crippen LogP contribution in [0.15, 0.2) is 70.5 Å². The molecule has 0 saturated heterocycles. The second-order valence-corrected chi connectivity index (χ2v) is 17.0. The molecule has 0 amide bonds. The molecular weight excluding hydrogens is 826 g/mol. The fourth-order valence-corrected chi connectivity index (χ4v) is 8.79. The standard InChI is InChI=1S/2C22H32O3S.Ba/c2*1-3-5-7-9-12-18-16-17-19-13-11-15-21(26(23,24)25)22(19)20(18)14-10-8-6-4-2;/h2*11,13,15-17H,3-10,12,14H2,1-2H3,(H,23,24,25);/q;;+2/p-2. The Labute approximate surface area is 361 Å². The number of benzene rings is 4. The van der Waals surface area contributed by atoms with Crippen molar-refractivity contribution in [3.63, 3.8) is 0 Å². The zero-order valence-electron chi connectivity index (χ0n) is 32.9. The molecular formula is C44H62BaO6S2. The number of aryl methyl sites for hydroxylation is 4. The summed E-state index contributed by atoms with van der Waals surface area (Å²) in [4.78, 5) is -0.119. The first-order valence-corrected chi connectivity index (χ1v) is 22.8. The maximum atomic E-state index is 11.8. The Morgan fingerprint density at radius 1 is 0.415 bits per heavy atom. The molecule has 0 fully saturated rings. The van der Waals surface area contributed by atoms with Crippen molar-refractivity contribution in [3.05, 3.63) is 82.9 Å². The van der Waals surface area contributed by atoms with E-state index in [1.165, 1.54) is 87.5 Å². The van der Waals surface area contributed by atoms with Gasteiger partial charge in [0.05, 0.1) is 9.79 Å². The number of unbranched alkanes of at least 4 members (excludes halogenated alkanes) is 12. The van der Waals surface area contributed by atoms with E-state index in [-0.39, 0.29) is 58.7 Å². The second kappa shape index (κ2) is 25.1. The summed E-state index contributed by atoms with van der Waals surface area (Å²) in [6.45, 7) is 8.75. The number of rotatable bonds is 22. The fraction of sp³-hybridized carbons (Fsp3) is 0.545. The Hall–Kier alpha value is -1.21. The van der Waals surface area contributed by atoms with E-state index in [0.717, 1.165) is 86.1 Å². The first-order chi connectivity index (χ1) is 25.0. The zero-order valence-corrected chi connectivity index (χ0v) is 39.0. The summed E-state index contributed by atoms with van der Waals surface area (Å²) in [5.41, 5.74) is 4.57. The van der Waals surface area contributed by atoms with Crippen molar-refractivity contribution in [3.8, 4) is 0 Å². The molecule has 0 radical (unpaired) electrons. The Bertz CT molecular complexity index is 1770. The van der Waals surface area contributed by atoms with Gasteiger partial charge in [0, 0.05) is 10.8 Å². The van der Waals surface area contributed by atoms with Crippen LogP contribution in [0.5, 0.6) is 0 Å². The van der Waals surface area contributed by atoms with Crippen LogP contribution >= 0.6 is 0 Å². The Kier molecular flexibility index (Phi) is 22.7. The van der Waals surface area contributed by atoms with Crippen LogP contribution in [0.1, 0.15) is 153 Å². The van der Waals surface area contributed by atoms with E-state index < -0.39 is 20.2 Å². The Morgan fingerprint density at radius 3 is 1.04 bits per heavy atom. The van der Waals surface area contributed by atoms with Crippen molar-refractivity contribution >= 4 is 90.7 Å². The summed E-state index contributed by atoms with van der Waals surface area (Å²) >= 11 is 0. The predicted octanol–water partition coefficient (Wildman–Crippen LogP) is 11.6. The summed E-state index contributed by atoms with van der Waals surface area (Å²) < 4.78 is 71.0. The van der Waals surface area contributed by atoms with Crippen LogP contribution in [0.25, 0.3) is 21.5 Å². The average Bonchev–Trinajstić information content (AvgIpc) is 3.12. The van der Waals surface area contributed by atoms with Gasteiger partial charge in [-0.25, -0.2) is 16.8 Å². The monoisotopic (exact) mass is 888 g/mol. The molecule has 0 heterocycles. The van der Waals surface area contributed by atoms with E-state index in [2.05, 4.69) is 39.8 Å². The molecule has 53 heavy (non-hydrogen) atoms. The van der Waals surface area contributed by atoms with Gasteiger partial charge in [0.1, 0.15) is 20.2 Å².